The summed E-state index contributed by atoms with van der Waals surface area (Å²) in [4.78, 5) is 12.4. The van der Waals surface area contributed by atoms with Gasteiger partial charge in [0.2, 0.25) is 0 Å². The first-order valence-corrected chi connectivity index (χ1v) is 7.30. The molecule has 1 aromatic rings. The number of ketones is 1. The quantitative estimate of drug-likeness (QED) is 0.814. The van der Waals surface area contributed by atoms with Gasteiger partial charge in [-0.25, -0.2) is 0 Å². The van der Waals surface area contributed by atoms with Gasteiger partial charge in [-0.3, -0.25) is 4.79 Å². The molecule has 2 rings (SSSR count). The van der Waals surface area contributed by atoms with E-state index in [-0.39, 0.29) is 11.2 Å². The average molecular weight is 269 g/mol. The first-order chi connectivity index (χ1) is 9.43. The fourth-order valence-corrected chi connectivity index (χ4v) is 2.96. The van der Waals surface area contributed by atoms with E-state index in [2.05, 4.69) is 32.9 Å². The zero-order valence-corrected chi connectivity index (χ0v) is 12.6. The van der Waals surface area contributed by atoms with Gasteiger partial charge in [0.05, 0.1) is 0 Å². The molecule has 0 spiro atoms. The maximum absolute atomic E-state index is 12.4. The molecule has 2 nitrogen and oxygen atoms in total. The van der Waals surface area contributed by atoms with Crippen LogP contribution >= 0.6 is 0 Å². The van der Waals surface area contributed by atoms with Crippen LogP contribution in [-0.2, 0) is 11.2 Å². The minimum atomic E-state index is -0.0662. The number of benzene rings is 1. The molecule has 1 fully saturated rings. The summed E-state index contributed by atoms with van der Waals surface area (Å²) in [5.41, 5.74) is 3.49. The van der Waals surface area contributed by atoms with Gasteiger partial charge in [-0.15, -0.1) is 0 Å². The summed E-state index contributed by atoms with van der Waals surface area (Å²) >= 11 is 0. The van der Waals surface area contributed by atoms with Crippen LogP contribution in [0.15, 0.2) is 41.5 Å². The molecule has 2 heteroatoms. The average Bonchev–Trinajstić information content (AvgIpc) is 2.36. The third kappa shape index (κ3) is 3.24. The van der Waals surface area contributed by atoms with Crippen LogP contribution in [0.2, 0.25) is 0 Å². The summed E-state index contributed by atoms with van der Waals surface area (Å²) in [5, 5.41) is 8.25. The molecule has 0 amide bonds. The second kappa shape index (κ2) is 5.74. The first-order valence-electron chi connectivity index (χ1n) is 7.30. The van der Waals surface area contributed by atoms with Crippen LogP contribution in [0.3, 0.4) is 0 Å². The monoisotopic (exact) mass is 269 g/mol. The van der Waals surface area contributed by atoms with E-state index in [0.29, 0.717) is 24.1 Å². The SMILES string of the molecule is CCC(Cc1ccccc1)=C1C(=N)CC(C)(C)CC1=O. The number of rotatable bonds is 3. The number of nitrogens with one attached hydrogen (secondary N) is 1. The van der Waals surface area contributed by atoms with Crippen molar-refractivity contribution in [1.82, 2.24) is 0 Å². The fraction of sp³-hybridized carbons (Fsp3) is 0.444. The molecule has 1 N–H and O–H groups in total. The molecule has 20 heavy (non-hydrogen) atoms. The third-order valence-corrected chi connectivity index (χ3v) is 3.92. The second-order valence-corrected chi connectivity index (χ2v) is 6.41. The highest BCUT2D eigenvalue weighted by atomic mass is 16.1. The van der Waals surface area contributed by atoms with Crippen LogP contribution in [-0.4, -0.2) is 11.5 Å². The zero-order valence-electron chi connectivity index (χ0n) is 12.6. The molecule has 0 aliphatic heterocycles. The lowest BCUT2D eigenvalue weighted by Gasteiger charge is -2.31. The Hall–Kier alpha value is -1.70. The second-order valence-electron chi connectivity index (χ2n) is 6.41. The molecule has 1 aromatic carbocycles. The number of Topliss-reactive ketones (excluding diaryl/α,β-unsaturated/α-hetero) is 1. The summed E-state index contributed by atoms with van der Waals surface area (Å²) in [6.07, 6.45) is 2.87. The van der Waals surface area contributed by atoms with Crippen LogP contribution in [0, 0.1) is 10.8 Å². The summed E-state index contributed by atoms with van der Waals surface area (Å²) < 4.78 is 0. The van der Waals surface area contributed by atoms with Crippen molar-refractivity contribution in [3.8, 4) is 0 Å². The van der Waals surface area contributed by atoms with Crippen molar-refractivity contribution < 1.29 is 4.79 Å². The maximum Gasteiger partial charge on any atom is 0.165 e. The number of hydrogen-bond acceptors (Lipinski definition) is 2. The Morgan fingerprint density at radius 3 is 2.40 bits per heavy atom. The van der Waals surface area contributed by atoms with Gasteiger partial charge in [0, 0.05) is 17.7 Å². The van der Waals surface area contributed by atoms with Gasteiger partial charge in [0.15, 0.2) is 5.78 Å². The molecule has 0 atom stereocenters. The lowest BCUT2D eigenvalue weighted by atomic mass is 9.72. The van der Waals surface area contributed by atoms with Crippen molar-refractivity contribution in [2.75, 3.05) is 0 Å². The normalized spacial score (nSPS) is 20.9. The molecule has 1 aliphatic carbocycles. The van der Waals surface area contributed by atoms with Crippen LogP contribution in [0.5, 0.6) is 0 Å². The van der Waals surface area contributed by atoms with E-state index in [0.717, 1.165) is 18.4 Å². The highest BCUT2D eigenvalue weighted by Gasteiger charge is 2.34. The standard InChI is InChI=1S/C18H23NO/c1-4-14(10-13-8-6-5-7-9-13)17-15(19)11-18(2,3)12-16(17)20/h5-9,19H,4,10-12H2,1-3H3. The zero-order chi connectivity index (χ0) is 14.8. The maximum atomic E-state index is 12.4. The Bertz CT molecular complexity index is 530. The molecule has 106 valence electrons. The van der Waals surface area contributed by atoms with Crippen LogP contribution in [0.4, 0.5) is 0 Å². The molecule has 0 heterocycles. The molecule has 0 unspecified atom stereocenters. The molecule has 0 bridgehead atoms. The summed E-state index contributed by atoms with van der Waals surface area (Å²) in [6, 6.07) is 10.2. The van der Waals surface area contributed by atoms with Crippen LogP contribution < -0.4 is 0 Å². The van der Waals surface area contributed by atoms with Crippen molar-refractivity contribution in [3.05, 3.63) is 47.0 Å². The topological polar surface area (TPSA) is 40.9 Å². The predicted octanol–water partition coefficient (Wildman–Crippen LogP) is 4.34. The van der Waals surface area contributed by atoms with E-state index in [1.807, 2.05) is 18.2 Å². The molecule has 0 radical (unpaired) electrons. The fourth-order valence-electron chi connectivity index (χ4n) is 2.96. The minimum Gasteiger partial charge on any atom is -0.305 e. The van der Waals surface area contributed by atoms with Crippen molar-refractivity contribution in [1.29, 1.82) is 5.41 Å². The summed E-state index contributed by atoms with van der Waals surface area (Å²) in [6.45, 7) is 6.21. The predicted molar refractivity (Wildman–Crippen MR) is 83.2 cm³/mol. The molecule has 0 saturated heterocycles. The number of carbonyl (C=O) groups excluding carboxylic acids is 1. The third-order valence-electron chi connectivity index (χ3n) is 3.92. The Balaban J connectivity index is 2.33. The van der Waals surface area contributed by atoms with Gasteiger partial charge in [0.1, 0.15) is 0 Å². The first kappa shape index (κ1) is 14.7. The van der Waals surface area contributed by atoms with E-state index in [1.54, 1.807) is 0 Å². The van der Waals surface area contributed by atoms with Gasteiger partial charge >= 0.3 is 0 Å². The van der Waals surface area contributed by atoms with Crippen molar-refractivity contribution in [2.45, 2.75) is 46.5 Å². The molecule has 0 aromatic heterocycles. The summed E-state index contributed by atoms with van der Waals surface area (Å²) in [7, 11) is 0. The van der Waals surface area contributed by atoms with Crippen LogP contribution in [0.1, 0.15) is 45.6 Å². The van der Waals surface area contributed by atoms with Gasteiger partial charge < -0.3 is 5.41 Å². The summed E-state index contributed by atoms with van der Waals surface area (Å²) in [5.74, 6) is 0.152. The van der Waals surface area contributed by atoms with Crippen molar-refractivity contribution in [2.24, 2.45) is 5.41 Å². The Morgan fingerprint density at radius 1 is 1.20 bits per heavy atom. The van der Waals surface area contributed by atoms with Crippen molar-refractivity contribution in [3.63, 3.8) is 0 Å². The van der Waals surface area contributed by atoms with E-state index in [4.69, 9.17) is 5.41 Å². The Labute approximate surface area is 121 Å². The van der Waals surface area contributed by atoms with E-state index in [9.17, 15) is 4.79 Å². The molecular weight excluding hydrogens is 246 g/mol. The number of allylic oxidation sites excluding steroid dienone is 2. The van der Waals surface area contributed by atoms with Gasteiger partial charge in [-0.05, 0) is 30.2 Å². The molecule has 1 saturated carbocycles. The van der Waals surface area contributed by atoms with Crippen LogP contribution in [0.25, 0.3) is 0 Å². The van der Waals surface area contributed by atoms with Gasteiger partial charge in [0.25, 0.3) is 0 Å². The van der Waals surface area contributed by atoms with Crippen molar-refractivity contribution >= 4 is 11.5 Å². The lowest BCUT2D eigenvalue weighted by molar-refractivity contribution is -0.117. The molecular formula is C18H23NO. The Morgan fingerprint density at radius 2 is 1.85 bits per heavy atom. The largest absolute Gasteiger partial charge is 0.305 e. The number of carbonyl (C=O) groups is 1. The highest BCUT2D eigenvalue weighted by molar-refractivity contribution is 6.23. The smallest absolute Gasteiger partial charge is 0.165 e. The van der Waals surface area contributed by atoms with E-state index >= 15 is 0 Å². The Kier molecular flexibility index (Phi) is 4.22. The lowest BCUT2D eigenvalue weighted by Crippen LogP contribution is -2.32. The highest BCUT2D eigenvalue weighted by Crippen LogP contribution is 2.35. The number of hydrogen-bond donors (Lipinski definition) is 1. The minimum absolute atomic E-state index is 0.0662. The van der Waals surface area contributed by atoms with Gasteiger partial charge in [-0.1, -0.05) is 56.7 Å². The van der Waals surface area contributed by atoms with Gasteiger partial charge in [-0.2, -0.15) is 0 Å². The van der Waals surface area contributed by atoms with E-state index < -0.39 is 0 Å². The van der Waals surface area contributed by atoms with E-state index in [1.165, 1.54) is 5.56 Å². The molecule has 1 aliphatic rings.